The number of hydrogen-bond donors (Lipinski definition) is 2. The number of aryl methyl sites for hydroxylation is 1. The molecule has 2 N–H and O–H groups in total. The molecule has 1 unspecified atom stereocenters. The average Bonchev–Trinajstić information content (AvgIpc) is 3.10. The molecule has 0 bridgehead atoms. The third-order valence-corrected chi connectivity index (χ3v) is 5.81. The van der Waals surface area contributed by atoms with Crippen LogP contribution >= 0.6 is 0 Å². The molecular weight excluding hydrogens is 428 g/mol. The van der Waals surface area contributed by atoms with Gasteiger partial charge in [-0.3, -0.25) is 0 Å². The molecule has 0 aromatic heterocycles. The zero-order valence-electron chi connectivity index (χ0n) is 15.5. The second kappa shape index (κ2) is 8.32. The van der Waals surface area contributed by atoms with Crippen molar-refractivity contribution in [2.75, 3.05) is 5.75 Å². The van der Waals surface area contributed by atoms with Gasteiger partial charge < -0.3 is 9.94 Å². The van der Waals surface area contributed by atoms with Crippen molar-refractivity contribution in [1.29, 1.82) is 0 Å². The normalized spacial score (nSPS) is 19.4. The Morgan fingerprint density at radius 3 is 2.47 bits per heavy atom. The van der Waals surface area contributed by atoms with E-state index in [2.05, 4.69) is 14.7 Å². The fourth-order valence-electron chi connectivity index (χ4n) is 2.76. The second-order valence-corrected chi connectivity index (χ2v) is 8.73. The molecule has 2 aromatic rings. The summed E-state index contributed by atoms with van der Waals surface area (Å²) >= 11 is 0. The van der Waals surface area contributed by atoms with Crippen LogP contribution in [0.15, 0.2) is 53.7 Å². The van der Waals surface area contributed by atoms with Gasteiger partial charge in [-0.15, -0.1) is 0 Å². The van der Waals surface area contributed by atoms with Crippen molar-refractivity contribution in [1.82, 2.24) is 4.72 Å². The molecule has 6 nitrogen and oxygen atoms in total. The maximum absolute atomic E-state index is 12.9. The molecule has 0 spiro atoms. The summed E-state index contributed by atoms with van der Waals surface area (Å²) < 4.78 is 78.2. The zero-order chi connectivity index (χ0) is 22.0. The van der Waals surface area contributed by atoms with E-state index in [1.165, 1.54) is 42.5 Å². The molecule has 0 fully saturated rings. The minimum Gasteiger partial charge on any atom is -0.350 e. The highest BCUT2D eigenvalue weighted by molar-refractivity contribution is 7.89. The van der Waals surface area contributed by atoms with E-state index in [-0.39, 0.29) is 30.0 Å². The Morgan fingerprint density at radius 1 is 1.13 bits per heavy atom. The molecule has 30 heavy (non-hydrogen) atoms. The topological polar surface area (TPSA) is 88.0 Å². The Balaban J connectivity index is 1.59. The molecule has 11 heteroatoms. The molecule has 1 heterocycles. The van der Waals surface area contributed by atoms with Crippen LogP contribution < -0.4 is 4.72 Å². The summed E-state index contributed by atoms with van der Waals surface area (Å²) in [5.41, 5.74) is 1.33. The highest BCUT2D eigenvalue weighted by Gasteiger charge is 2.60. The van der Waals surface area contributed by atoms with Gasteiger partial charge in [0.25, 0.3) is 0 Å². The van der Waals surface area contributed by atoms with Crippen LogP contribution in [0, 0.1) is 5.82 Å². The largest absolute Gasteiger partial charge is 0.458 e. The first-order valence-electron chi connectivity index (χ1n) is 8.83. The Hall–Kier alpha value is -2.50. The van der Waals surface area contributed by atoms with Crippen molar-refractivity contribution >= 4 is 15.7 Å². The van der Waals surface area contributed by atoms with Gasteiger partial charge in [-0.2, -0.15) is 13.2 Å². The molecule has 3 rings (SSSR count). The van der Waals surface area contributed by atoms with E-state index in [0.29, 0.717) is 11.1 Å². The second-order valence-electron chi connectivity index (χ2n) is 6.81. The zero-order valence-corrected chi connectivity index (χ0v) is 16.3. The lowest BCUT2D eigenvalue weighted by Crippen LogP contribution is -2.45. The number of hydrogen-bond acceptors (Lipinski definition) is 5. The van der Waals surface area contributed by atoms with Crippen LogP contribution in [0.4, 0.5) is 17.6 Å². The van der Waals surface area contributed by atoms with E-state index < -0.39 is 34.2 Å². The van der Waals surface area contributed by atoms with Crippen molar-refractivity contribution in [3.05, 3.63) is 71.0 Å². The summed E-state index contributed by atoms with van der Waals surface area (Å²) in [6.07, 6.45) is -5.68. The van der Waals surface area contributed by atoms with Gasteiger partial charge in [0.05, 0.1) is 17.9 Å². The van der Waals surface area contributed by atoms with Crippen LogP contribution in [0.3, 0.4) is 0 Å². The van der Waals surface area contributed by atoms with Crippen LogP contribution in [0.2, 0.25) is 0 Å². The standard InChI is InChI=1S/C19H18F4N2O4S/c20-16-6-4-13(5-7-16)8-9-30(27,28)24-12-14-2-1-3-15(10-14)17-11-18(26,29-25-17)19(21,22)23/h1-7,10,24,26H,8-9,11-12H2. The highest BCUT2D eigenvalue weighted by atomic mass is 32.2. The van der Waals surface area contributed by atoms with Gasteiger partial charge in [-0.05, 0) is 41.3 Å². The number of nitrogens with zero attached hydrogens (tertiary/aromatic N) is 1. The van der Waals surface area contributed by atoms with Crippen LogP contribution in [-0.2, 0) is 27.8 Å². The van der Waals surface area contributed by atoms with Gasteiger partial charge in [0, 0.05) is 6.54 Å². The molecule has 1 aliphatic rings. The lowest BCUT2D eigenvalue weighted by atomic mass is 10.0. The maximum atomic E-state index is 12.9. The van der Waals surface area contributed by atoms with Crippen molar-refractivity contribution in [3.63, 3.8) is 0 Å². The van der Waals surface area contributed by atoms with Crippen molar-refractivity contribution in [2.24, 2.45) is 5.16 Å². The summed E-state index contributed by atoms with van der Waals surface area (Å²) in [5, 5.41) is 12.9. The lowest BCUT2D eigenvalue weighted by Gasteiger charge is -2.22. The minimum atomic E-state index is -5.00. The molecule has 1 aliphatic heterocycles. The number of nitrogens with one attached hydrogen (secondary N) is 1. The summed E-state index contributed by atoms with van der Waals surface area (Å²) in [6.45, 7) is -0.0860. The van der Waals surface area contributed by atoms with Gasteiger partial charge in [0.2, 0.25) is 10.0 Å². The third-order valence-electron chi connectivity index (χ3n) is 4.49. The Bertz CT molecular complexity index is 1040. The monoisotopic (exact) mass is 446 g/mol. The molecule has 0 amide bonds. The first-order valence-corrected chi connectivity index (χ1v) is 10.5. The van der Waals surface area contributed by atoms with Gasteiger partial charge in [0.1, 0.15) is 5.82 Å². The maximum Gasteiger partial charge on any atom is 0.458 e. The number of rotatable bonds is 7. The minimum absolute atomic E-state index is 0.0860. The van der Waals surface area contributed by atoms with Gasteiger partial charge >= 0.3 is 12.0 Å². The van der Waals surface area contributed by atoms with Crippen LogP contribution in [-0.4, -0.2) is 37.0 Å². The number of oxime groups is 1. The number of aliphatic hydroxyl groups is 1. The lowest BCUT2D eigenvalue weighted by molar-refractivity contribution is -0.355. The number of halogens is 4. The van der Waals surface area contributed by atoms with Crippen molar-refractivity contribution in [3.8, 4) is 0 Å². The van der Waals surface area contributed by atoms with E-state index in [0.717, 1.165) is 0 Å². The molecule has 0 saturated carbocycles. The molecule has 162 valence electrons. The van der Waals surface area contributed by atoms with Crippen LogP contribution in [0.25, 0.3) is 0 Å². The number of benzene rings is 2. The predicted molar refractivity (Wildman–Crippen MR) is 100 cm³/mol. The summed E-state index contributed by atoms with van der Waals surface area (Å²) in [4.78, 5) is 4.19. The first kappa shape index (κ1) is 22.2. The van der Waals surface area contributed by atoms with E-state index in [1.54, 1.807) is 6.07 Å². The Morgan fingerprint density at radius 2 is 1.83 bits per heavy atom. The Labute approximate surface area is 170 Å². The summed E-state index contributed by atoms with van der Waals surface area (Å²) in [7, 11) is -3.65. The van der Waals surface area contributed by atoms with Crippen molar-refractivity contribution in [2.45, 2.75) is 31.3 Å². The molecule has 0 aliphatic carbocycles. The SMILES string of the molecule is O=S(=O)(CCc1ccc(F)cc1)NCc1cccc(C2=NOC(O)(C(F)(F)F)C2)c1. The van der Waals surface area contributed by atoms with E-state index in [9.17, 15) is 31.1 Å². The number of alkyl halides is 3. The van der Waals surface area contributed by atoms with Crippen LogP contribution in [0.1, 0.15) is 23.1 Å². The summed E-state index contributed by atoms with van der Waals surface area (Å²) in [6, 6.07) is 11.6. The predicted octanol–water partition coefficient (Wildman–Crippen LogP) is 2.86. The molecule has 0 radical (unpaired) electrons. The molecule has 1 atom stereocenters. The third kappa shape index (κ3) is 5.35. The van der Waals surface area contributed by atoms with Crippen molar-refractivity contribution < 1.29 is 35.9 Å². The molecule has 2 aromatic carbocycles. The molecule has 0 saturated heterocycles. The van der Waals surface area contributed by atoms with Gasteiger partial charge in [-0.1, -0.05) is 35.5 Å². The smallest absolute Gasteiger partial charge is 0.350 e. The molecular formula is C19H18F4N2O4S. The number of sulfonamides is 1. The summed E-state index contributed by atoms with van der Waals surface area (Å²) in [5.74, 6) is -4.00. The Kier molecular flexibility index (Phi) is 6.16. The fraction of sp³-hybridized carbons (Fsp3) is 0.316. The van der Waals surface area contributed by atoms with Crippen LogP contribution in [0.5, 0.6) is 0 Å². The first-order chi connectivity index (χ1) is 14.0. The fourth-order valence-corrected chi connectivity index (χ4v) is 3.79. The van der Waals surface area contributed by atoms with E-state index in [4.69, 9.17) is 0 Å². The van der Waals surface area contributed by atoms with E-state index in [1.807, 2.05) is 0 Å². The highest BCUT2D eigenvalue weighted by Crippen LogP contribution is 2.38. The average molecular weight is 446 g/mol. The van der Waals surface area contributed by atoms with E-state index >= 15 is 0 Å². The van der Waals surface area contributed by atoms with Gasteiger partial charge in [-0.25, -0.2) is 17.5 Å². The van der Waals surface area contributed by atoms with Gasteiger partial charge in [0.15, 0.2) is 0 Å². The quantitative estimate of drug-likeness (QED) is 0.641.